The first-order valence-electron chi connectivity index (χ1n) is 10.2. The number of carbonyl (C=O) groups is 3. The Hall–Kier alpha value is -3.52. The summed E-state index contributed by atoms with van der Waals surface area (Å²) in [6.07, 6.45) is 2.13. The van der Waals surface area contributed by atoms with Crippen LogP contribution < -0.4 is 5.84 Å². The van der Waals surface area contributed by atoms with Gasteiger partial charge < -0.3 is 9.64 Å². The fourth-order valence-corrected chi connectivity index (χ4v) is 3.84. The molecule has 1 unspecified atom stereocenters. The van der Waals surface area contributed by atoms with E-state index in [2.05, 4.69) is 6.58 Å². The minimum atomic E-state index is -0.893. The van der Waals surface area contributed by atoms with E-state index in [-0.39, 0.29) is 17.4 Å². The molecule has 168 valence electrons. The largest absolute Gasteiger partial charge is 0.437 e. The highest BCUT2D eigenvalue weighted by molar-refractivity contribution is 6.03. The fraction of sp³-hybridized carbons (Fsp3) is 0.292. The zero-order chi connectivity index (χ0) is 23.5. The van der Waals surface area contributed by atoms with E-state index in [1.54, 1.807) is 47.4 Å². The predicted molar refractivity (Wildman–Crippen MR) is 117 cm³/mol. The number of carbonyl (C=O) groups excluding carboxylic acids is 3. The third kappa shape index (κ3) is 4.55. The van der Waals surface area contributed by atoms with Crippen LogP contribution in [0.25, 0.3) is 0 Å². The molecular formula is C24H26FN3O4. The maximum Gasteiger partial charge on any atom is 0.411 e. The molecule has 2 aromatic carbocycles. The molecule has 7 nitrogen and oxygen atoms in total. The molecule has 2 atom stereocenters. The van der Waals surface area contributed by atoms with E-state index in [1.807, 2.05) is 6.92 Å². The second-order valence-electron chi connectivity index (χ2n) is 7.80. The van der Waals surface area contributed by atoms with Crippen molar-refractivity contribution in [2.75, 3.05) is 6.54 Å². The summed E-state index contributed by atoms with van der Waals surface area (Å²) in [4.78, 5) is 38.0. The second kappa shape index (κ2) is 9.32. The Morgan fingerprint density at radius 3 is 2.41 bits per heavy atom. The maximum atomic E-state index is 13.4. The Morgan fingerprint density at radius 2 is 1.88 bits per heavy atom. The molecule has 32 heavy (non-hydrogen) atoms. The van der Waals surface area contributed by atoms with Gasteiger partial charge in [-0.3, -0.25) is 9.59 Å². The van der Waals surface area contributed by atoms with Gasteiger partial charge in [0, 0.05) is 31.9 Å². The lowest BCUT2D eigenvalue weighted by molar-refractivity contribution is -0.126. The number of hydrogen-bond donors (Lipinski definition) is 1. The van der Waals surface area contributed by atoms with Crippen molar-refractivity contribution in [1.29, 1.82) is 0 Å². The Labute approximate surface area is 186 Å². The highest BCUT2D eigenvalue weighted by Crippen LogP contribution is 2.39. The number of ether oxygens (including phenoxy) is 1. The molecule has 2 aromatic rings. The molecule has 0 radical (unpaired) electrons. The van der Waals surface area contributed by atoms with Crippen LogP contribution in [-0.2, 0) is 15.1 Å². The minimum absolute atomic E-state index is 0.265. The van der Waals surface area contributed by atoms with E-state index < -0.39 is 23.5 Å². The zero-order valence-electron chi connectivity index (χ0n) is 18.1. The summed E-state index contributed by atoms with van der Waals surface area (Å²) in [6, 6.07) is 12.2. The van der Waals surface area contributed by atoms with Crippen LogP contribution in [0.3, 0.4) is 0 Å². The van der Waals surface area contributed by atoms with Crippen LogP contribution >= 0.6 is 0 Å². The third-order valence-electron chi connectivity index (χ3n) is 5.78. The first-order chi connectivity index (χ1) is 15.2. The van der Waals surface area contributed by atoms with E-state index in [1.165, 1.54) is 19.1 Å². The molecule has 3 rings (SSSR count). The highest BCUT2D eigenvalue weighted by Gasteiger charge is 2.42. The summed E-state index contributed by atoms with van der Waals surface area (Å²) < 4.78 is 19.3. The molecular weight excluding hydrogens is 413 g/mol. The number of cyclic esters (lactones) is 1. The van der Waals surface area contributed by atoms with Crippen molar-refractivity contribution >= 4 is 17.9 Å². The number of amides is 3. The molecule has 0 aliphatic carbocycles. The molecule has 2 N–H and O–H groups in total. The molecule has 1 fully saturated rings. The SMILES string of the molecule is C=CCC1(c2ccc(F)cc2)CCN([C@@H](C)c2ccc(C(=O)N(N)C(C)=O)cc2)C(=O)O1. The Kier molecular flexibility index (Phi) is 6.74. The van der Waals surface area contributed by atoms with Crippen LogP contribution in [0, 0.1) is 5.82 Å². The first-order valence-corrected chi connectivity index (χ1v) is 10.2. The van der Waals surface area contributed by atoms with Gasteiger partial charge in [-0.1, -0.05) is 30.3 Å². The van der Waals surface area contributed by atoms with Gasteiger partial charge in [-0.2, -0.15) is 0 Å². The number of nitrogens with zero attached hydrogens (tertiary/aromatic N) is 2. The van der Waals surface area contributed by atoms with Crippen LogP contribution in [-0.4, -0.2) is 34.4 Å². The van der Waals surface area contributed by atoms with Gasteiger partial charge in [0.25, 0.3) is 5.91 Å². The van der Waals surface area contributed by atoms with Gasteiger partial charge in [-0.15, -0.1) is 6.58 Å². The van der Waals surface area contributed by atoms with Crippen LogP contribution in [0.2, 0.25) is 0 Å². The topological polar surface area (TPSA) is 92.9 Å². The molecule has 1 saturated heterocycles. The van der Waals surface area contributed by atoms with Crippen molar-refractivity contribution in [3.63, 3.8) is 0 Å². The third-order valence-corrected chi connectivity index (χ3v) is 5.78. The summed E-state index contributed by atoms with van der Waals surface area (Å²) in [6.45, 7) is 7.26. The van der Waals surface area contributed by atoms with E-state index in [0.717, 1.165) is 11.1 Å². The number of benzene rings is 2. The molecule has 0 bridgehead atoms. The van der Waals surface area contributed by atoms with Crippen molar-refractivity contribution in [3.05, 3.63) is 83.7 Å². The molecule has 0 spiro atoms. The highest BCUT2D eigenvalue weighted by atomic mass is 19.1. The van der Waals surface area contributed by atoms with Gasteiger partial charge in [-0.25, -0.2) is 20.0 Å². The monoisotopic (exact) mass is 439 g/mol. The number of rotatable bonds is 6. The van der Waals surface area contributed by atoms with Gasteiger partial charge in [0.2, 0.25) is 5.91 Å². The summed E-state index contributed by atoms with van der Waals surface area (Å²) in [5, 5.41) is 0.551. The van der Waals surface area contributed by atoms with Crippen LogP contribution in [0.1, 0.15) is 54.2 Å². The smallest absolute Gasteiger partial charge is 0.411 e. The minimum Gasteiger partial charge on any atom is -0.437 e. The van der Waals surface area contributed by atoms with Gasteiger partial charge in [0.15, 0.2) is 0 Å². The Bertz CT molecular complexity index is 1020. The first kappa shape index (κ1) is 23.1. The van der Waals surface area contributed by atoms with Crippen molar-refractivity contribution < 1.29 is 23.5 Å². The zero-order valence-corrected chi connectivity index (χ0v) is 18.1. The quantitative estimate of drug-likeness (QED) is 0.317. The van der Waals surface area contributed by atoms with Gasteiger partial charge in [0.1, 0.15) is 11.4 Å². The van der Waals surface area contributed by atoms with Crippen LogP contribution in [0.15, 0.2) is 61.2 Å². The number of hydrogen-bond acceptors (Lipinski definition) is 5. The lowest BCUT2D eigenvalue weighted by Gasteiger charge is -2.43. The fourth-order valence-electron chi connectivity index (χ4n) is 3.84. The summed E-state index contributed by atoms with van der Waals surface area (Å²) in [7, 11) is 0. The van der Waals surface area contributed by atoms with Crippen LogP contribution in [0.5, 0.6) is 0 Å². The lowest BCUT2D eigenvalue weighted by atomic mass is 9.85. The van der Waals surface area contributed by atoms with Crippen LogP contribution in [0.4, 0.5) is 9.18 Å². The standard InChI is InChI=1S/C24H26FN3O4/c1-4-13-24(20-9-11-21(25)12-10-20)14-15-27(23(31)32-24)16(2)18-5-7-19(8-6-18)22(30)28(26)17(3)29/h4-12,16H,1,13-15,26H2,2-3H3/t16-,24?/m0/s1. The number of hydrazine groups is 1. The van der Waals surface area contributed by atoms with Crippen molar-refractivity contribution in [2.24, 2.45) is 5.84 Å². The molecule has 3 amide bonds. The predicted octanol–water partition coefficient (Wildman–Crippen LogP) is 4.06. The Morgan fingerprint density at radius 1 is 1.25 bits per heavy atom. The molecule has 8 heteroatoms. The number of nitrogens with two attached hydrogens (primary N) is 1. The molecule has 0 aromatic heterocycles. The molecule has 1 aliphatic heterocycles. The molecule has 1 aliphatic rings. The van der Waals surface area contributed by atoms with Gasteiger partial charge >= 0.3 is 6.09 Å². The van der Waals surface area contributed by atoms with E-state index in [9.17, 15) is 18.8 Å². The van der Waals surface area contributed by atoms with Gasteiger partial charge in [0.05, 0.1) is 6.04 Å². The van der Waals surface area contributed by atoms with E-state index in [4.69, 9.17) is 10.6 Å². The van der Waals surface area contributed by atoms with Crippen molar-refractivity contribution in [1.82, 2.24) is 9.91 Å². The van der Waals surface area contributed by atoms with Crippen molar-refractivity contribution in [3.8, 4) is 0 Å². The second-order valence-corrected chi connectivity index (χ2v) is 7.80. The summed E-state index contributed by atoms with van der Waals surface area (Å²) >= 11 is 0. The maximum absolute atomic E-state index is 13.4. The molecule has 1 heterocycles. The van der Waals surface area contributed by atoms with Gasteiger partial charge in [-0.05, 0) is 42.3 Å². The van der Waals surface area contributed by atoms with E-state index in [0.29, 0.717) is 24.4 Å². The number of halogens is 1. The average Bonchev–Trinajstić information content (AvgIpc) is 2.78. The normalized spacial score (nSPS) is 19.1. The lowest BCUT2D eigenvalue weighted by Crippen LogP contribution is -2.48. The Balaban J connectivity index is 1.76. The summed E-state index contributed by atoms with van der Waals surface area (Å²) in [5.74, 6) is 3.94. The average molecular weight is 439 g/mol. The van der Waals surface area contributed by atoms with E-state index >= 15 is 0 Å². The molecule has 0 saturated carbocycles. The number of imide groups is 1. The van der Waals surface area contributed by atoms with Crippen molar-refractivity contribution in [2.45, 2.75) is 38.3 Å². The summed E-state index contributed by atoms with van der Waals surface area (Å²) in [5.41, 5.74) is 0.888.